The predicted octanol–water partition coefficient (Wildman–Crippen LogP) is 2.94. The average Bonchev–Trinajstić information content (AvgIpc) is 2.81. The predicted molar refractivity (Wildman–Crippen MR) is 64.5 cm³/mol. The molecule has 2 rings (SSSR count). The first-order valence-corrected chi connectivity index (χ1v) is 5.40. The largest absolute Gasteiger partial charge is 0.496 e. The average molecular weight is 203 g/mol. The molecule has 80 valence electrons. The Morgan fingerprint density at radius 2 is 2.07 bits per heavy atom. The summed E-state index contributed by atoms with van der Waals surface area (Å²) in [5.41, 5.74) is 2.35. The van der Waals surface area contributed by atoms with E-state index in [4.69, 9.17) is 4.74 Å². The molecular formula is C13H17NO. The van der Waals surface area contributed by atoms with Crippen molar-refractivity contribution in [2.75, 3.05) is 25.1 Å². The number of rotatable bonds is 3. The Labute approximate surface area is 91.2 Å². The van der Waals surface area contributed by atoms with Crippen LogP contribution in [0.2, 0.25) is 0 Å². The van der Waals surface area contributed by atoms with E-state index in [0.29, 0.717) is 0 Å². The van der Waals surface area contributed by atoms with Crippen LogP contribution >= 0.6 is 0 Å². The minimum absolute atomic E-state index is 0.896. The number of hydrogen-bond donors (Lipinski definition) is 0. The molecule has 0 radical (unpaired) electrons. The summed E-state index contributed by atoms with van der Waals surface area (Å²) >= 11 is 0. The molecule has 0 aliphatic carbocycles. The molecule has 1 fully saturated rings. The number of ether oxygens (including phenoxy) is 1. The number of anilines is 1. The van der Waals surface area contributed by atoms with E-state index < -0.39 is 0 Å². The van der Waals surface area contributed by atoms with Crippen molar-refractivity contribution < 1.29 is 4.74 Å². The van der Waals surface area contributed by atoms with E-state index in [0.717, 1.165) is 11.3 Å². The van der Waals surface area contributed by atoms with Crippen molar-refractivity contribution in [3.05, 3.63) is 30.3 Å². The Hall–Kier alpha value is -1.44. The van der Waals surface area contributed by atoms with Gasteiger partial charge in [0.2, 0.25) is 0 Å². The minimum atomic E-state index is 0.896. The molecule has 1 saturated heterocycles. The van der Waals surface area contributed by atoms with Gasteiger partial charge in [0.05, 0.1) is 7.11 Å². The SMILES string of the molecule is C=Cc1cc(N2CCCC2)ccc1OC. The maximum atomic E-state index is 5.26. The topological polar surface area (TPSA) is 12.5 Å². The molecule has 0 atom stereocenters. The zero-order valence-corrected chi connectivity index (χ0v) is 9.20. The molecule has 0 spiro atoms. The van der Waals surface area contributed by atoms with E-state index in [9.17, 15) is 0 Å². The highest BCUT2D eigenvalue weighted by Crippen LogP contribution is 2.27. The molecule has 1 aliphatic heterocycles. The second-order valence-corrected chi connectivity index (χ2v) is 3.82. The molecule has 0 bridgehead atoms. The Morgan fingerprint density at radius 1 is 1.33 bits per heavy atom. The highest BCUT2D eigenvalue weighted by Gasteiger charge is 2.13. The van der Waals surface area contributed by atoms with Gasteiger partial charge >= 0.3 is 0 Å². The van der Waals surface area contributed by atoms with Crippen molar-refractivity contribution >= 4 is 11.8 Å². The van der Waals surface area contributed by atoms with Gasteiger partial charge in [0, 0.05) is 24.3 Å². The monoisotopic (exact) mass is 203 g/mol. The molecular weight excluding hydrogens is 186 g/mol. The Kier molecular flexibility index (Phi) is 2.95. The molecule has 0 saturated carbocycles. The maximum Gasteiger partial charge on any atom is 0.126 e. The molecule has 0 aromatic heterocycles. The molecule has 0 amide bonds. The third-order valence-electron chi connectivity index (χ3n) is 2.90. The van der Waals surface area contributed by atoms with E-state index in [2.05, 4.69) is 23.6 Å². The fourth-order valence-corrected chi connectivity index (χ4v) is 2.05. The molecule has 1 aromatic rings. The summed E-state index contributed by atoms with van der Waals surface area (Å²) in [4.78, 5) is 2.41. The summed E-state index contributed by atoms with van der Waals surface area (Å²) < 4.78 is 5.26. The zero-order valence-electron chi connectivity index (χ0n) is 9.20. The van der Waals surface area contributed by atoms with Crippen molar-refractivity contribution in [3.8, 4) is 5.75 Å². The van der Waals surface area contributed by atoms with E-state index in [-0.39, 0.29) is 0 Å². The maximum absolute atomic E-state index is 5.26. The quantitative estimate of drug-likeness (QED) is 0.749. The fourth-order valence-electron chi connectivity index (χ4n) is 2.05. The molecule has 0 unspecified atom stereocenters. The highest BCUT2D eigenvalue weighted by molar-refractivity contribution is 5.63. The van der Waals surface area contributed by atoms with Crippen LogP contribution in [0.4, 0.5) is 5.69 Å². The lowest BCUT2D eigenvalue weighted by atomic mass is 10.1. The normalized spacial score (nSPS) is 15.4. The fraction of sp³-hybridized carbons (Fsp3) is 0.385. The van der Waals surface area contributed by atoms with Crippen molar-refractivity contribution in [2.24, 2.45) is 0 Å². The van der Waals surface area contributed by atoms with E-state index in [1.165, 1.54) is 31.6 Å². The lowest BCUT2D eigenvalue weighted by Crippen LogP contribution is -2.17. The lowest BCUT2D eigenvalue weighted by molar-refractivity contribution is 0.414. The Morgan fingerprint density at radius 3 is 2.67 bits per heavy atom. The van der Waals surface area contributed by atoms with Gasteiger partial charge in [-0.25, -0.2) is 0 Å². The first-order valence-electron chi connectivity index (χ1n) is 5.40. The van der Waals surface area contributed by atoms with E-state index in [1.54, 1.807) is 7.11 Å². The standard InChI is InChI=1S/C13H17NO/c1-3-11-10-12(6-7-13(11)15-2)14-8-4-5-9-14/h3,6-7,10H,1,4-5,8-9H2,2H3. The van der Waals surface area contributed by atoms with E-state index >= 15 is 0 Å². The lowest BCUT2D eigenvalue weighted by Gasteiger charge is -2.18. The van der Waals surface area contributed by atoms with Gasteiger partial charge < -0.3 is 9.64 Å². The smallest absolute Gasteiger partial charge is 0.126 e. The van der Waals surface area contributed by atoms with E-state index in [1.807, 2.05) is 12.1 Å². The van der Waals surface area contributed by atoms with Crippen molar-refractivity contribution in [1.82, 2.24) is 0 Å². The molecule has 1 aliphatic rings. The molecule has 15 heavy (non-hydrogen) atoms. The zero-order chi connectivity index (χ0) is 10.7. The van der Waals surface area contributed by atoms with Gasteiger partial charge in [-0.3, -0.25) is 0 Å². The molecule has 2 nitrogen and oxygen atoms in total. The minimum Gasteiger partial charge on any atom is -0.496 e. The number of hydrogen-bond acceptors (Lipinski definition) is 2. The van der Waals surface area contributed by atoms with Gasteiger partial charge in [-0.15, -0.1) is 0 Å². The van der Waals surface area contributed by atoms with Crippen LogP contribution in [-0.4, -0.2) is 20.2 Å². The number of nitrogens with zero attached hydrogens (tertiary/aromatic N) is 1. The van der Waals surface area contributed by atoms with Crippen LogP contribution < -0.4 is 9.64 Å². The molecule has 0 N–H and O–H groups in total. The first kappa shape index (κ1) is 10.1. The summed E-state index contributed by atoms with van der Waals surface area (Å²) in [6.07, 6.45) is 4.45. The van der Waals surface area contributed by atoms with Crippen molar-refractivity contribution in [1.29, 1.82) is 0 Å². The third-order valence-corrected chi connectivity index (χ3v) is 2.90. The van der Waals surface area contributed by atoms with Gasteiger partial charge in [-0.05, 0) is 31.0 Å². The second kappa shape index (κ2) is 4.39. The second-order valence-electron chi connectivity index (χ2n) is 3.82. The van der Waals surface area contributed by atoms with Crippen LogP contribution in [0.15, 0.2) is 24.8 Å². The van der Waals surface area contributed by atoms with Crippen LogP contribution in [-0.2, 0) is 0 Å². The van der Waals surface area contributed by atoms with Crippen LogP contribution in [0.5, 0.6) is 5.75 Å². The molecule has 2 heteroatoms. The summed E-state index contributed by atoms with van der Waals surface area (Å²) in [6.45, 7) is 6.15. The van der Waals surface area contributed by atoms with Crippen molar-refractivity contribution in [3.63, 3.8) is 0 Å². The summed E-state index contributed by atoms with van der Waals surface area (Å²) in [5, 5.41) is 0. The number of methoxy groups -OCH3 is 1. The first-order chi connectivity index (χ1) is 7.35. The highest BCUT2D eigenvalue weighted by atomic mass is 16.5. The third kappa shape index (κ3) is 1.99. The van der Waals surface area contributed by atoms with Gasteiger partial charge in [0.15, 0.2) is 0 Å². The van der Waals surface area contributed by atoms with Gasteiger partial charge in [0.1, 0.15) is 5.75 Å². The Balaban J connectivity index is 2.29. The van der Waals surface area contributed by atoms with Crippen LogP contribution in [0.3, 0.4) is 0 Å². The van der Waals surface area contributed by atoms with Crippen LogP contribution in [0, 0.1) is 0 Å². The summed E-state index contributed by atoms with van der Waals surface area (Å²) in [7, 11) is 1.69. The van der Waals surface area contributed by atoms with Gasteiger partial charge in [-0.2, -0.15) is 0 Å². The number of benzene rings is 1. The van der Waals surface area contributed by atoms with Crippen molar-refractivity contribution in [2.45, 2.75) is 12.8 Å². The van der Waals surface area contributed by atoms with Crippen LogP contribution in [0.1, 0.15) is 18.4 Å². The van der Waals surface area contributed by atoms with Crippen LogP contribution in [0.25, 0.3) is 6.08 Å². The summed E-state index contributed by atoms with van der Waals surface area (Å²) in [6, 6.07) is 6.29. The molecule has 1 heterocycles. The van der Waals surface area contributed by atoms with Gasteiger partial charge in [-0.1, -0.05) is 12.7 Å². The Bertz CT molecular complexity index is 354. The summed E-state index contributed by atoms with van der Waals surface area (Å²) in [5.74, 6) is 0.896. The van der Waals surface area contributed by atoms with Gasteiger partial charge in [0.25, 0.3) is 0 Å². The molecule has 1 aromatic carbocycles.